The molecule has 0 spiro atoms. The van der Waals surface area contributed by atoms with Crippen LogP contribution >= 0.6 is 12.2 Å². The smallest absolute Gasteiger partial charge is 0.200 e. The topological polar surface area (TPSA) is 62.9 Å². The third-order valence-electron chi connectivity index (χ3n) is 4.90. The highest BCUT2D eigenvalue weighted by Gasteiger charge is 2.14. The van der Waals surface area contributed by atoms with Crippen molar-refractivity contribution >= 4 is 23.6 Å². The Hall–Kier alpha value is -2.60. The average Bonchev–Trinajstić information content (AvgIpc) is 3.16. The number of rotatable bonds is 8. The number of nitrogens with one attached hydrogen (secondary N) is 1. The van der Waals surface area contributed by atoms with E-state index in [9.17, 15) is 0 Å². The predicted molar refractivity (Wildman–Crippen MR) is 132 cm³/mol. The first kappa shape index (κ1) is 23.7. The molecule has 0 unspecified atom stereocenters. The van der Waals surface area contributed by atoms with Gasteiger partial charge < -0.3 is 10.6 Å². The van der Waals surface area contributed by atoms with Crippen molar-refractivity contribution < 1.29 is 0 Å². The lowest BCUT2D eigenvalue weighted by atomic mass is 10.1. The molecule has 0 amide bonds. The fourth-order valence-electron chi connectivity index (χ4n) is 3.46. The summed E-state index contributed by atoms with van der Waals surface area (Å²) < 4.78 is 2.51. The first-order valence-electron chi connectivity index (χ1n) is 11.0. The third-order valence-corrected chi connectivity index (χ3v) is 5.17. The van der Waals surface area contributed by atoms with E-state index in [2.05, 4.69) is 72.3 Å². The summed E-state index contributed by atoms with van der Waals surface area (Å²) in [6.45, 7) is 12.7. The van der Waals surface area contributed by atoms with Crippen molar-refractivity contribution in [3.05, 3.63) is 52.8 Å². The van der Waals surface area contributed by atoms with Gasteiger partial charge in [-0.25, -0.2) is 0 Å². The molecule has 0 saturated carbocycles. The van der Waals surface area contributed by atoms with Crippen molar-refractivity contribution in [1.29, 1.82) is 0 Å². The molecule has 1 heterocycles. The molecule has 3 rings (SSSR count). The minimum Gasteiger partial charge on any atom is -0.398 e. The summed E-state index contributed by atoms with van der Waals surface area (Å²) in [4.78, 5) is 2.42. The quantitative estimate of drug-likeness (QED) is 0.324. The molecule has 3 N–H and O–H groups in total. The van der Waals surface area contributed by atoms with Crippen LogP contribution in [0.2, 0.25) is 0 Å². The van der Waals surface area contributed by atoms with E-state index in [4.69, 9.17) is 18.0 Å². The van der Waals surface area contributed by atoms with Gasteiger partial charge in [-0.2, -0.15) is 5.10 Å². The van der Waals surface area contributed by atoms with Crippen molar-refractivity contribution in [2.24, 2.45) is 0 Å². The van der Waals surface area contributed by atoms with Crippen molar-refractivity contribution in [2.45, 2.75) is 53.9 Å². The number of aromatic amines is 1. The van der Waals surface area contributed by atoms with E-state index in [1.165, 1.54) is 11.3 Å². The van der Waals surface area contributed by atoms with Gasteiger partial charge in [-0.15, -0.1) is 0 Å². The monoisotopic (exact) mass is 425 g/mol. The lowest BCUT2D eigenvalue weighted by Crippen LogP contribution is -2.24. The minimum atomic E-state index is 0.558. The van der Waals surface area contributed by atoms with Crippen molar-refractivity contribution in [3.63, 3.8) is 0 Å². The van der Waals surface area contributed by atoms with E-state index >= 15 is 0 Å². The molecule has 0 saturated heterocycles. The number of H-pyrrole nitrogens is 1. The number of hydrogen-bond acceptors (Lipinski definition) is 4. The molecule has 2 aromatic carbocycles. The van der Waals surface area contributed by atoms with Gasteiger partial charge in [0.15, 0.2) is 10.6 Å². The molecule has 0 radical (unpaired) electrons. The Labute approximate surface area is 185 Å². The van der Waals surface area contributed by atoms with Gasteiger partial charge in [0, 0.05) is 30.0 Å². The summed E-state index contributed by atoms with van der Waals surface area (Å²) in [7, 11) is 0. The van der Waals surface area contributed by atoms with Crippen LogP contribution in [0.5, 0.6) is 0 Å². The standard InChI is InChI=1S/C22H29N5S.C2H6/c1-4-13-26(14-5-2)17-8-10-18(11-9-17)27-21(24-25-22(27)28)19-15-16(6-3)7-12-20(19)23;1-2/h7-12,15H,4-6,13-14,23H2,1-3H3,(H,25,28);1-2H3. The van der Waals surface area contributed by atoms with Crippen LogP contribution < -0.4 is 10.6 Å². The van der Waals surface area contributed by atoms with Crippen molar-refractivity contribution in [2.75, 3.05) is 23.7 Å². The molecule has 0 bridgehead atoms. The van der Waals surface area contributed by atoms with Crippen LogP contribution in [0, 0.1) is 4.77 Å². The lowest BCUT2D eigenvalue weighted by Gasteiger charge is -2.24. The summed E-state index contributed by atoms with van der Waals surface area (Å²) in [5, 5.41) is 7.40. The Morgan fingerprint density at radius 3 is 2.20 bits per heavy atom. The largest absolute Gasteiger partial charge is 0.398 e. The van der Waals surface area contributed by atoms with Crippen molar-refractivity contribution in [1.82, 2.24) is 14.8 Å². The zero-order chi connectivity index (χ0) is 22.1. The second-order valence-electron chi connectivity index (χ2n) is 6.97. The van der Waals surface area contributed by atoms with E-state index in [1.54, 1.807) is 0 Å². The lowest BCUT2D eigenvalue weighted by molar-refractivity contribution is 0.745. The van der Waals surface area contributed by atoms with E-state index in [0.29, 0.717) is 10.5 Å². The maximum absolute atomic E-state index is 6.25. The predicted octanol–water partition coefficient (Wildman–Crippen LogP) is 6.39. The van der Waals surface area contributed by atoms with E-state index in [-0.39, 0.29) is 0 Å². The van der Waals surface area contributed by atoms with E-state index < -0.39 is 0 Å². The number of nitrogens with zero attached hydrogens (tertiary/aromatic N) is 3. The first-order chi connectivity index (χ1) is 14.6. The summed E-state index contributed by atoms with van der Waals surface area (Å²) in [6.07, 6.45) is 3.20. The molecule has 0 aliphatic heterocycles. The van der Waals surface area contributed by atoms with E-state index in [1.807, 2.05) is 24.5 Å². The van der Waals surface area contributed by atoms with Crippen LogP contribution in [0.4, 0.5) is 11.4 Å². The van der Waals surface area contributed by atoms with E-state index in [0.717, 1.165) is 49.4 Å². The van der Waals surface area contributed by atoms with Gasteiger partial charge in [-0.05, 0) is 73.4 Å². The molecule has 6 heteroatoms. The molecule has 162 valence electrons. The Morgan fingerprint density at radius 2 is 1.63 bits per heavy atom. The van der Waals surface area contributed by atoms with Crippen LogP contribution in [0.25, 0.3) is 17.1 Å². The Morgan fingerprint density at radius 1 is 1.00 bits per heavy atom. The highest BCUT2D eigenvalue weighted by atomic mass is 32.1. The molecule has 30 heavy (non-hydrogen) atoms. The summed E-state index contributed by atoms with van der Waals surface area (Å²) >= 11 is 5.52. The number of aryl methyl sites for hydroxylation is 1. The number of aromatic nitrogens is 3. The van der Waals surface area contributed by atoms with Gasteiger partial charge in [-0.3, -0.25) is 9.67 Å². The highest BCUT2D eigenvalue weighted by molar-refractivity contribution is 7.71. The zero-order valence-corrected chi connectivity index (χ0v) is 19.7. The number of benzene rings is 2. The highest BCUT2D eigenvalue weighted by Crippen LogP contribution is 2.29. The minimum absolute atomic E-state index is 0.558. The molecule has 0 aliphatic rings. The van der Waals surface area contributed by atoms with Crippen molar-refractivity contribution in [3.8, 4) is 17.1 Å². The second-order valence-corrected chi connectivity index (χ2v) is 7.35. The van der Waals surface area contributed by atoms with Crippen LogP contribution in [0.15, 0.2) is 42.5 Å². The maximum Gasteiger partial charge on any atom is 0.200 e. The number of anilines is 2. The van der Waals surface area contributed by atoms with Crippen LogP contribution in [-0.4, -0.2) is 27.9 Å². The van der Waals surface area contributed by atoms with Crippen LogP contribution in [0.1, 0.15) is 53.0 Å². The number of hydrogen-bond donors (Lipinski definition) is 2. The average molecular weight is 426 g/mol. The molecule has 0 fully saturated rings. The zero-order valence-electron chi connectivity index (χ0n) is 18.9. The molecule has 0 aliphatic carbocycles. The summed E-state index contributed by atoms with van der Waals surface area (Å²) in [5.41, 5.74) is 11.3. The molecule has 0 atom stereocenters. The summed E-state index contributed by atoms with van der Waals surface area (Å²) in [6, 6.07) is 14.6. The Kier molecular flexibility index (Phi) is 9.12. The van der Waals surface area contributed by atoms with Gasteiger partial charge in [0.05, 0.1) is 5.69 Å². The Bertz CT molecular complexity index is 966. The number of nitrogen functional groups attached to an aromatic ring is 1. The van der Waals surface area contributed by atoms with Gasteiger partial charge in [-0.1, -0.05) is 40.7 Å². The van der Waals surface area contributed by atoms with Gasteiger partial charge in [0.2, 0.25) is 0 Å². The van der Waals surface area contributed by atoms with Gasteiger partial charge in [0.1, 0.15) is 0 Å². The molecular weight excluding hydrogens is 390 g/mol. The maximum atomic E-state index is 6.25. The van der Waals surface area contributed by atoms with Crippen LogP contribution in [0.3, 0.4) is 0 Å². The van der Waals surface area contributed by atoms with Gasteiger partial charge >= 0.3 is 0 Å². The molecule has 1 aromatic heterocycles. The molecule has 3 aromatic rings. The summed E-state index contributed by atoms with van der Waals surface area (Å²) in [5.74, 6) is 0.740. The SMILES string of the molecule is CC.CCCN(CCC)c1ccc(-n2c(-c3cc(CC)ccc3N)n[nH]c2=S)cc1. The molecular formula is C24H35N5S. The number of nitrogens with two attached hydrogens (primary N) is 1. The fraction of sp³-hybridized carbons (Fsp3) is 0.417. The fourth-order valence-corrected chi connectivity index (χ4v) is 3.69. The first-order valence-corrected chi connectivity index (χ1v) is 11.4. The Balaban J connectivity index is 0.00000155. The van der Waals surface area contributed by atoms with Crippen LogP contribution in [-0.2, 0) is 6.42 Å². The third kappa shape index (κ3) is 5.30. The van der Waals surface area contributed by atoms with Gasteiger partial charge in [0.25, 0.3) is 0 Å². The normalized spacial score (nSPS) is 10.4. The second kappa shape index (κ2) is 11.6. The molecule has 5 nitrogen and oxygen atoms in total.